The van der Waals surface area contributed by atoms with Crippen LogP contribution >= 0.6 is 0 Å². The summed E-state index contributed by atoms with van der Waals surface area (Å²) in [5, 5.41) is 9.28. The van der Waals surface area contributed by atoms with E-state index in [1.54, 1.807) is 12.4 Å². The van der Waals surface area contributed by atoms with Gasteiger partial charge in [0.25, 0.3) is 0 Å². The Kier molecular flexibility index (Phi) is 3.43. The molecule has 2 N–H and O–H groups in total. The Labute approximate surface area is 95.7 Å². The van der Waals surface area contributed by atoms with Crippen LogP contribution in [0, 0.1) is 17.5 Å². The van der Waals surface area contributed by atoms with Gasteiger partial charge in [-0.05, 0) is 6.07 Å². The highest BCUT2D eigenvalue weighted by Crippen LogP contribution is 2.13. The van der Waals surface area contributed by atoms with Crippen molar-refractivity contribution < 1.29 is 13.2 Å². The number of benzene rings is 1. The van der Waals surface area contributed by atoms with E-state index in [0.717, 1.165) is 11.6 Å². The zero-order valence-corrected chi connectivity index (χ0v) is 8.80. The Hall–Kier alpha value is -1.82. The first-order valence-electron chi connectivity index (χ1n) is 4.98. The van der Waals surface area contributed by atoms with Crippen LogP contribution in [-0.4, -0.2) is 10.2 Å². The van der Waals surface area contributed by atoms with Crippen LogP contribution in [0.3, 0.4) is 0 Å². The van der Waals surface area contributed by atoms with Crippen molar-refractivity contribution in [2.45, 2.75) is 13.1 Å². The van der Waals surface area contributed by atoms with E-state index in [0.29, 0.717) is 12.6 Å². The third-order valence-corrected chi connectivity index (χ3v) is 2.29. The number of rotatable bonds is 4. The van der Waals surface area contributed by atoms with Crippen molar-refractivity contribution in [1.29, 1.82) is 0 Å². The molecule has 0 fully saturated rings. The van der Waals surface area contributed by atoms with Gasteiger partial charge in [-0.3, -0.25) is 5.10 Å². The predicted molar refractivity (Wildman–Crippen MR) is 55.4 cm³/mol. The summed E-state index contributed by atoms with van der Waals surface area (Å²) < 4.78 is 38.8. The molecule has 2 rings (SSSR count). The number of aromatic nitrogens is 2. The number of hydrogen-bond acceptors (Lipinski definition) is 2. The highest BCUT2D eigenvalue weighted by Gasteiger charge is 2.09. The summed E-state index contributed by atoms with van der Waals surface area (Å²) in [4.78, 5) is 0. The van der Waals surface area contributed by atoms with Crippen molar-refractivity contribution in [2.75, 3.05) is 0 Å². The molecule has 0 aliphatic rings. The summed E-state index contributed by atoms with van der Waals surface area (Å²) in [5.41, 5.74) is 0.986. The van der Waals surface area contributed by atoms with Crippen LogP contribution in [0.25, 0.3) is 0 Å². The van der Waals surface area contributed by atoms with Crippen molar-refractivity contribution >= 4 is 0 Å². The van der Waals surface area contributed by atoms with Crippen LogP contribution in [0.1, 0.15) is 11.1 Å². The number of aromatic amines is 1. The highest BCUT2D eigenvalue weighted by atomic mass is 19.2. The summed E-state index contributed by atoms with van der Waals surface area (Å²) in [5.74, 6) is -2.99. The van der Waals surface area contributed by atoms with Gasteiger partial charge in [-0.25, -0.2) is 13.2 Å². The normalized spacial score (nSPS) is 10.8. The Morgan fingerprint density at radius 3 is 2.53 bits per heavy atom. The lowest BCUT2D eigenvalue weighted by Gasteiger charge is -2.05. The summed E-state index contributed by atoms with van der Waals surface area (Å²) in [6.07, 6.45) is 3.31. The SMILES string of the molecule is Fc1cc(F)c(CNCc2cn[nH]c2)cc1F. The van der Waals surface area contributed by atoms with E-state index < -0.39 is 17.5 Å². The Balaban J connectivity index is 1.97. The zero-order chi connectivity index (χ0) is 12.3. The first kappa shape index (κ1) is 11.7. The molecule has 0 atom stereocenters. The van der Waals surface area contributed by atoms with Crippen molar-refractivity contribution in [3.8, 4) is 0 Å². The van der Waals surface area contributed by atoms with Gasteiger partial charge in [0.1, 0.15) is 5.82 Å². The van der Waals surface area contributed by atoms with Gasteiger partial charge in [0.2, 0.25) is 0 Å². The number of H-pyrrole nitrogens is 1. The average molecular weight is 241 g/mol. The number of nitrogens with one attached hydrogen (secondary N) is 2. The average Bonchev–Trinajstić information content (AvgIpc) is 2.78. The predicted octanol–water partition coefficient (Wildman–Crippen LogP) is 2.12. The quantitative estimate of drug-likeness (QED) is 0.805. The van der Waals surface area contributed by atoms with Crippen LogP contribution in [0.15, 0.2) is 24.5 Å². The van der Waals surface area contributed by atoms with E-state index in [-0.39, 0.29) is 12.1 Å². The molecule has 0 spiro atoms. The lowest BCUT2D eigenvalue weighted by Crippen LogP contribution is -2.13. The standard InChI is InChI=1S/C11H10F3N3/c12-9-2-11(14)10(13)1-8(9)6-15-3-7-4-16-17-5-7/h1-2,4-5,15H,3,6H2,(H,16,17). The van der Waals surface area contributed by atoms with Gasteiger partial charge in [0, 0.05) is 36.5 Å². The second kappa shape index (κ2) is 5.01. The molecular weight excluding hydrogens is 231 g/mol. The first-order valence-corrected chi connectivity index (χ1v) is 4.98. The van der Waals surface area contributed by atoms with Crippen molar-refractivity contribution in [2.24, 2.45) is 0 Å². The van der Waals surface area contributed by atoms with Crippen LogP contribution < -0.4 is 5.32 Å². The molecule has 17 heavy (non-hydrogen) atoms. The maximum Gasteiger partial charge on any atom is 0.161 e. The van der Waals surface area contributed by atoms with Gasteiger partial charge in [-0.2, -0.15) is 5.10 Å². The molecule has 0 aliphatic carbocycles. The second-order valence-corrected chi connectivity index (χ2v) is 3.57. The van der Waals surface area contributed by atoms with Crippen molar-refractivity contribution in [3.63, 3.8) is 0 Å². The van der Waals surface area contributed by atoms with Crippen LogP contribution in [0.4, 0.5) is 13.2 Å². The molecule has 0 saturated carbocycles. The molecule has 0 unspecified atom stereocenters. The molecule has 0 radical (unpaired) electrons. The highest BCUT2D eigenvalue weighted by molar-refractivity contribution is 5.20. The van der Waals surface area contributed by atoms with Crippen LogP contribution in [0.5, 0.6) is 0 Å². The third-order valence-electron chi connectivity index (χ3n) is 2.29. The van der Waals surface area contributed by atoms with E-state index in [9.17, 15) is 13.2 Å². The van der Waals surface area contributed by atoms with E-state index in [1.165, 1.54) is 0 Å². The first-order chi connectivity index (χ1) is 8.16. The summed E-state index contributed by atoms with van der Waals surface area (Å²) >= 11 is 0. The minimum atomic E-state index is -1.18. The molecule has 2 aromatic rings. The zero-order valence-electron chi connectivity index (χ0n) is 8.80. The monoisotopic (exact) mass is 241 g/mol. The Morgan fingerprint density at radius 2 is 1.82 bits per heavy atom. The maximum absolute atomic E-state index is 13.2. The molecule has 0 bridgehead atoms. The van der Waals surface area contributed by atoms with Gasteiger partial charge in [0.15, 0.2) is 11.6 Å². The van der Waals surface area contributed by atoms with Gasteiger partial charge in [-0.1, -0.05) is 0 Å². The van der Waals surface area contributed by atoms with E-state index in [2.05, 4.69) is 15.5 Å². The smallest absolute Gasteiger partial charge is 0.161 e. The van der Waals surface area contributed by atoms with Crippen LogP contribution in [-0.2, 0) is 13.1 Å². The molecule has 0 saturated heterocycles. The Bertz CT molecular complexity index is 497. The van der Waals surface area contributed by atoms with Gasteiger partial charge >= 0.3 is 0 Å². The Morgan fingerprint density at radius 1 is 1.06 bits per heavy atom. The molecule has 3 nitrogen and oxygen atoms in total. The van der Waals surface area contributed by atoms with Crippen LogP contribution in [0.2, 0.25) is 0 Å². The lowest BCUT2D eigenvalue weighted by atomic mass is 10.2. The van der Waals surface area contributed by atoms with E-state index in [4.69, 9.17) is 0 Å². The van der Waals surface area contributed by atoms with Crippen molar-refractivity contribution in [1.82, 2.24) is 15.5 Å². The van der Waals surface area contributed by atoms with Gasteiger partial charge < -0.3 is 5.32 Å². The maximum atomic E-state index is 13.2. The second-order valence-electron chi connectivity index (χ2n) is 3.57. The third kappa shape index (κ3) is 2.85. The molecule has 1 aromatic carbocycles. The van der Waals surface area contributed by atoms with Crippen molar-refractivity contribution in [3.05, 3.63) is 53.1 Å². The largest absolute Gasteiger partial charge is 0.308 e. The molecular formula is C11H10F3N3. The molecule has 1 heterocycles. The van der Waals surface area contributed by atoms with E-state index >= 15 is 0 Å². The minimum absolute atomic E-state index is 0.0902. The number of halogens is 3. The lowest BCUT2D eigenvalue weighted by molar-refractivity contribution is 0.487. The van der Waals surface area contributed by atoms with E-state index in [1.807, 2.05) is 0 Å². The summed E-state index contributed by atoms with van der Waals surface area (Å²) in [6, 6.07) is 1.40. The molecule has 0 aliphatic heterocycles. The van der Waals surface area contributed by atoms with Gasteiger partial charge in [-0.15, -0.1) is 0 Å². The summed E-state index contributed by atoms with van der Waals surface area (Å²) in [7, 11) is 0. The topological polar surface area (TPSA) is 40.7 Å². The number of nitrogens with zero attached hydrogens (tertiary/aromatic N) is 1. The molecule has 90 valence electrons. The fourth-order valence-corrected chi connectivity index (χ4v) is 1.42. The molecule has 6 heteroatoms. The minimum Gasteiger partial charge on any atom is -0.308 e. The van der Waals surface area contributed by atoms with Gasteiger partial charge in [0.05, 0.1) is 6.20 Å². The fraction of sp³-hybridized carbons (Fsp3) is 0.182. The fourth-order valence-electron chi connectivity index (χ4n) is 1.42. The summed E-state index contributed by atoms with van der Waals surface area (Å²) in [6.45, 7) is 0.586. The number of hydrogen-bond donors (Lipinski definition) is 2. The molecule has 0 amide bonds. The molecule has 1 aromatic heterocycles.